The molecule has 3 aromatic carbocycles. The number of hydrogen-bond donors (Lipinski definition) is 0. The summed E-state index contributed by atoms with van der Waals surface area (Å²) in [6, 6.07) is 17.4. The minimum Gasteiger partial charge on any atom is -0.493 e. The Morgan fingerprint density at radius 1 is 0.833 bits per heavy atom. The Balaban J connectivity index is 1.95. The number of esters is 1. The van der Waals surface area contributed by atoms with E-state index in [9.17, 15) is 4.79 Å². The van der Waals surface area contributed by atoms with Crippen LogP contribution in [0.2, 0.25) is 0 Å². The molecular weight excluding hydrogens is 534 g/mol. The molecule has 8 nitrogen and oxygen atoms in total. The number of aromatic nitrogens is 1. The molecule has 0 radical (unpaired) electrons. The lowest BCUT2D eigenvalue weighted by Gasteiger charge is -2.24. The van der Waals surface area contributed by atoms with E-state index < -0.39 is 5.97 Å². The number of ether oxygens (including phenoxy) is 6. The molecule has 0 amide bonds. The van der Waals surface area contributed by atoms with Crippen molar-refractivity contribution in [1.82, 2.24) is 4.57 Å². The average molecular weight is 570 g/mol. The second kappa shape index (κ2) is 12.3. The molecule has 0 aliphatic carbocycles. The normalized spacial score (nSPS) is 11.6. The molecule has 1 aromatic heterocycles. The van der Waals surface area contributed by atoms with Gasteiger partial charge in [0.15, 0.2) is 23.0 Å². The summed E-state index contributed by atoms with van der Waals surface area (Å²) >= 11 is 0. The Bertz CT molecular complexity index is 1640. The third-order valence-corrected chi connectivity index (χ3v) is 7.39. The summed E-state index contributed by atoms with van der Waals surface area (Å²) in [6.07, 6.45) is 2.38. The molecule has 0 spiro atoms. The molecule has 2 heterocycles. The number of carbonyl (C=O) groups is 1. The van der Waals surface area contributed by atoms with E-state index in [0.717, 1.165) is 33.5 Å². The smallest absolute Gasteiger partial charge is 0.355 e. The molecule has 218 valence electrons. The molecule has 0 bridgehead atoms. The quantitative estimate of drug-likeness (QED) is 0.145. The monoisotopic (exact) mass is 569 g/mol. The predicted molar refractivity (Wildman–Crippen MR) is 162 cm³/mol. The van der Waals surface area contributed by atoms with Gasteiger partial charge in [-0.05, 0) is 54.8 Å². The van der Waals surface area contributed by atoms with Gasteiger partial charge in [0, 0.05) is 28.8 Å². The molecule has 0 unspecified atom stereocenters. The van der Waals surface area contributed by atoms with E-state index in [2.05, 4.69) is 11.1 Å². The van der Waals surface area contributed by atoms with Crippen molar-refractivity contribution in [2.75, 3.05) is 41.7 Å². The van der Waals surface area contributed by atoms with Crippen LogP contribution in [-0.2, 0) is 17.7 Å². The molecule has 5 rings (SSSR count). The van der Waals surface area contributed by atoms with Crippen LogP contribution in [0.3, 0.4) is 0 Å². The maximum Gasteiger partial charge on any atom is 0.355 e. The Kier molecular flexibility index (Phi) is 8.43. The van der Waals surface area contributed by atoms with Gasteiger partial charge in [-0.1, -0.05) is 36.9 Å². The van der Waals surface area contributed by atoms with E-state index in [-0.39, 0.29) is 6.61 Å². The Hall–Kier alpha value is -4.85. The Morgan fingerprint density at radius 3 is 2.21 bits per heavy atom. The number of carbonyl (C=O) groups excluding carboxylic acids is 1. The first kappa shape index (κ1) is 28.7. The maximum absolute atomic E-state index is 13.9. The molecule has 0 fully saturated rings. The van der Waals surface area contributed by atoms with Crippen LogP contribution in [0.5, 0.6) is 28.7 Å². The van der Waals surface area contributed by atoms with E-state index in [1.807, 2.05) is 54.6 Å². The first-order valence-corrected chi connectivity index (χ1v) is 13.7. The van der Waals surface area contributed by atoms with Crippen molar-refractivity contribution in [3.05, 3.63) is 78.5 Å². The van der Waals surface area contributed by atoms with Crippen molar-refractivity contribution >= 4 is 5.97 Å². The summed E-state index contributed by atoms with van der Waals surface area (Å²) in [7, 11) is 6.45. The highest BCUT2D eigenvalue weighted by atomic mass is 16.5. The zero-order chi connectivity index (χ0) is 29.8. The van der Waals surface area contributed by atoms with E-state index in [1.54, 1.807) is 41.4 Å². The average Bonchev–Trinajstić information content (AvgIpc) is 3.38. The summed E-state index contributed by atoms with van der Waals surface area (Å²) in [5, 5.41) is 0. The van der Waals surface area contributed by atoms with Crippen LogP contribution in [0.15, 0.2) is 67.3 Å². The minimum atomic E-state index is -0.414. The molecule has 42 heavy (non-hydrogen) atoms. The van der Waals surface area contributed by atoms with Gasteiger partial charge in [-0.3, -0.25) is 0 Å². The number of aryl methyl sites for hydroxylation is 1. The summed E-state index contributed by atoms with van der Waals surface area (Å²) in [4.78, 5) is 13.9. The minimum absolute atomic E-state index is 0.237. The number of rotatable bonds is 11. The van der Waals surface area contributed by atoms with E-state index >= 15 is 0 Å². The fourth-order valence-electron chi connectivity index (χ4n) is 5.60. The molecule has 0 saturated heterocycles. The van der Waals surface area contributed by atoms with Crippen LogP contribution in [0.1, 0.15) is 23.0 Å². The molecule has 1 aliphatic heterocycles. The summed E-state index contributed by atoms with van der Waals surface area (Å²) in [5.74, 6) is 2.63. The Labute approximate surface area is 246 Å². The van der Waals surface area contributed by atoms with Crippen molar-refractivity contribution in [3.63, 3.8) is 0 Å². The number of para-hydroxylation sites is 1. The number of fused-ring (bicyclic) bond motifs is 3. The van der Waals surface area contributed by atoms with Gasteiger partial charge in [-0.25, -0.2) is 4.79 Å². The number of nitrogens with zero attached hydrogens (tertiary/aromatic N) is 1. The first-order chi connectivity index (χ1) is 20.5. The lowest BCUT2D eigenvalue weighted by atomic mass is 9.89. The van der Waals surface area contributed by atoms with Gasteiger partial charge >= 0.3 is 5.97 Å². The van der Waals surface area contributed by atoms with Crippen LogP contribution in [0, 0.1) is 0 Å². The van der Waals surface area contributed by atoms with E-state index in [0.29, 0.717) is 59.6 Å². The van der Waals surface area contributed by atoms with Crippen molar-refractivity contribution in [1.29, 1.82) is 0 Å². The molecule has 4 aromatic rings. The number of methoxy groups -OCH3 is 4. The largest absolute Gasteiger partial charge is 0.493 e. The zero-order valence-electron chi connectivity index (χ0n) is 24.6. The summed E-state index contributed by atoms with van der Waals surface area (Å²) < 4.78 is 36.4. The van der Waals surface area contributed by atoms with E-state index in [1.165, 1.54) is 0 Å². The van der Waals surface area contributed by atoms with Crippen molar-refractivity contribution in [3.8, 4) is 62.3 Å². The van der Waals surface area contributed by atoms with Gasteiger partial charge in [0.05, 0.1) is 40.7 Å². The fraction of sp³-hybridized carbons (Fsp3) is 0.265. The topological polar surface area (TPSA) is 77.4 Å². The fourth-order valence-corrected chi connectivity index (χ4v) is 5.60. The molecular formula is C34H35NO7. The first-order valence-electron chi connectivity index (χ1n) is 13.7. The zero-order valence-corrected chi connectivity index (χ0v) is 24.6. The number of benzene rings is 3. The second-order valence-corrected chi connectivity index (χ2v) is 9.60. The Morgan fingerprint density at radius 2 is 1.52 bits per heavy atom. The second-order valence-electron chi connectivity index (χ2n) is 9.60. The van der Waals surface area contributed by atoms with Crippen molar-refractivity contribution in [2.24, 2.45) is 0 Å². The lowest BCUT2D eigenvalue weighted by Crippen LogP contribution is -2.18. The van der Waals surface area contributed by atoms with Gasteiger partial charge in [-0.15, -0.1) is 0 Å². The SMILES string of the molecule is C=CCOc1ccccc1-c1c(-c2ccc(OC)c(OC)c2)c2n(c1C(=O)OCC)CCc1cc(OC)c(OC)cc1-2. The highest BCUT2D eigenvalue weighted by Crippen LogP contribution is 2.52. The van der Waals surface area contributed by atoms with Gasteiger partial charge in [-0.2, -0.15) is 0 Å². The highest BCUT2D eigenvalue weighted by Gasteiger charge is 2.35. The standard InChI is InChI=1S/C34H35NO7/c1-7-17-42-25-12-10-9-11-23(25)31-30(22-13-14-26(37-3)27(19-22)38-4)32-24-20-29(40-6)28(39-5)18-21(24)15-16-35(32)33(31)34(36)41-8-2/h7,9-14,18-20H,1,8,15-17H2,2-6H3. The van der Waals surface area contributed by atoms with Gasteiger partial charge in [0.25, 0.3) is 0 Å². The third kappa shape index (κ3) is 4.93. The van der Waals surface area contributed by atoms with Crippen LogP contribution in [-0.4, -0.2) is 52.2 Å². The lowest BCUT2D eigenvalue weighted by molar-refractivity contribution is 0.0515. The van der Waals surface area contributed by atoms with Crippen LogP contribution < -0.4 is 23.7 Å². The summed E-state index contributed by atoms with van der Waals surface area (Å²) in [6.45, 7) is 6.72. The predicted octanol–water partition coefficient (Wildman–Crippen LogP) is 6.82. The number of hydrogen-bond acceptors (Lipinski definition) is 7. The van der Waals surface area contributed by atoms with Gasteiger partial charge in [0.2, 0.25) is 0 Å². The van der Waals surface area contributed by atoms with Crippen LogP contribution in [0.4, 0.5) is 0 Å². The van der Waals surface area contributed by atoms with E-state index in [4.69, 9.17) is 28.4 Å². The molecule has 1 aliphatic rings. The molecule has 0 N–H and O–H groups in total. The molecule has 8 heteroatoms. The van der Waals surface area contributed by atoms with Crippen molar-refractivity contribution in [2.45, 2.75) is 19.9 Å². The highest BCUT2D eigenvalue weighted by molar-refractivity contribution is 6.08. The van der Waals surface area contributed by atoms with Gasteiger partial charge < -0.3 is 33.0 Å². The van der Waals surface area contributed by atoms with Crippen LogP contribution >= 0.6 is 0 Å². The maximum atomic E-state index is 13.9. The van der Waals surface area contributed by atoms with Crippen LogP contribution in [0.25, 0.3) is 33.5 Å². The third-order valence-electron chi connectivity index (χ3n) is 7.39. The van der Waals surface area contributed by atoms with Crippen molar-refractivity contribution < 1.29 is 33.2 Å². The molecule has 0 atom stereocenters. The molecule has 0 saturated carbocycles. The summed E-state index contributed by atoms with van der Waals surface area (Å²) in [5.41, 5.74) is 6.47. The van der Waals surface area contributed by atoms with Gasteiger partial charge in [0.1, 0.15) is 18.1 Å².